The highest BCUT2D eigenvalue weighted by Gasteiger charge is 2.19. The van der Waals surface area contributed by atoms with E-state index in [4.69, 9.17) is 5.73 Å². The van der Waals surface area contributed by atoms with Gasteiger partial charge in [-0.3, -0.25) is 4.79 Å². The predicted octanol–water partition coefficient (Wildman–Crippen LogP) is 3.45. The molecule has 0 amide bonds. The lowest BCUT2D eigenvalue weighted by Crippen LogP contribution is -2.12. The number of anilines is 1. The lowest BCUT2D eigenvalue weighted by molar-refractivity contribution is 0.0993. The molecule has 0 aliphatic carbocycles. The van der Waals surface area contributed by atoms with Crippen molar-refractivity contribution in [3.8, 4) is 0 Å². The standard InChI is InChI=1S/C15H18N2OS/c1-15(2,3)13-9-19-14(17-13)8-12(18)10-6-4-5-7-11(10)16/h4-7,9H,8,16H2,1-3H3. The van der Waals surface area contributed by atoms with Crippen LogP contribution in [-0.2, 0) is 11.8 Å². The summed E-state index contributed by atoms with van der Waals surface area (Å²) in [6.45, 7) is 6.34. The van der Waals surface area contributed by atoms with Gasteiger partial charge in [0, 0.05) is 22.0 Å². The molecule has 1 aromatic carbocycles. The minimum atomic E-state index is 0.0174. The van der Waals surface area contributed by atoms with Crippen molar-refractivity contribution in [1.82, 2.24) is 4.98 Å². The van der Waals surface area contributed by atoms with Gasteiger partial charge in [-0.05, 0) is 12.1 Å². The van der Waals surface area contributed by atoms with Crippen molar-refractivity contribution in [2.24, 2.45) is 0 Å². The third kappa shape index (κ3) is 3.20. The van der Waals surface area contributed by atoms with Crippen molar-refractivity contribution in [3.05, 3.63) is 45.9 Å². The van der Waals surface area contributed by atoms with Crippen molar-refractivity contribution >= 4 is 22.8 Å². The van der Waals surface area contributed by atoms with Gasteiger partial charge in [-0.25, -0.2) is 4.98 Å². The van der Waals surface area contributed by atoms with Crippen LogP contribution in [0.3, 0.4) is 0 Å². The molecular formula is C15H18N2OS. The van der Waals surface area contributed by atoms with Crippen molar-refractivity contribution in [2.75, 3.05) is 5.73 Å². The summed E-state index contributed by atoms with van der Waals surface area (Å²) in [5, 5.41) is 2.87. The molecule has 0 aliphatic rings. The molecule has 0 aliphatic heterocycles. The molecular weight excluding hydrogens is 256 g/mol. The third-order valence-electron chi connectivity index (χ3n) is 2.89. The summed E-state index contributed by atoms with van der Waals surface area (Å²) in [6.07, 6.45) is 0.314. The van der Waals surface area contributed by atoms with Gasteiger partial charge in [0.1, 0.15) is 5.01 Å². The maximum atomic E-state index is 12.2. The summed E-state index contributed by atoms with van der Waals surface area (Å²) >= 11 is 1.53. The van der Waals surface area contributed by atoms with Gasteiger partial charge in [-0.15, -0.1) is 11.3 Å². The number of thiazole rings is 1. The Hall–Kier alpha value is -1.68. The van der Waals surface area contributed by atoms with E-state index >= 15 is 0 Å². The second-order valence-electron chi connectivity index (χ2n) is 5.56. The molecule has 1 aromatic heterocycles. The molecule has 2 rings (SSSR count). The zero-order valence-corrected chi connectivity index (χ0v) is 12.3. The van der Waals surface area contributed by atoms with Crippen LogP contribution in [0.15, 0.2) is 29.6 Å². The van der Waals surface area contributed by atoms with E-state index in [-0.39, 0.29) is 11.2 Å². The smallest absolute Gasteiger partial charge is 0.171 e. The zero-order chi connectivity index (χ0) is 14.0. The first-order valence-corrected chi connectivity index (χ1v) is 7.08. The molecule has 0 fully saturated rings. The fourth-order valence-electron chi connectivity index (χ4n) is 1.72. The number of Topliss-reactive ketones (excluding diaryl/α,β-unsaturated/α-hetero) is 1. The fourth-order valence-corrected chi connectivity index (χ4v) is 2.74. The number of benzene rings is 1. The Balaban J connectivity index is 2.16. The normalized spacial score (nSPS) is 11.5. The van der Waals surface area contributed by atoms with Gasteiger partial charge in [-0.1, -0.05) is 32.9 Å². The molecule has 0 saturated heterocycles. The number of carbonyl (C=O) groups excluding carboxylic acids is 1. The molecule has 19 heavy (non-hydrogen) atoms. The van der Waals surface area contributed by atoms with Crippen molar-refractivity contribution in [2.45, 2.75) is 32.6 Å². The van der Waals surface area contributed by atoms with E-state index in [1.807, 2.05) is 17.5 Å². The molecule has 1 heterocycles. The number of rotatable bonds is 3. The van der Waals surface area contributed by atoms with E-state index in [0.29, 0.717) is 17.7 Å². The summed E-state index contributed by atoms with van der Waals surface area (Å²) in [7, 11) is 0. The van der Waals surface area contributed by atoms with Gasteiger partial charge < -0.3 is 5.73 Å². The Kier molecular flexibility index (Phi) is 3.71. The van der Waals surface area contributed by atoms with Crippen LogP contribution in [0.5, 0.6) is 0 Å². The molecule has 100 valence electrons. The van der Waals surface area contributed by atoms with Crippen LogP contribution in [-0.4, -0.2) is 10.8 Å². The number of carbonyl (C=O) groups is 1. The highest BCUT2D eigenvalue weighted by molar-refractivity contribution is 7.09. The number of nitrogens with two attached hydrogens (primary N) is 1. The van der Waals surface area contributed by atoms with E-state index in [9.17, 15) is 4.79 Å². The summed E-state index contributed by atoms with van der Waals surface area (Å²) in [6, 6.07) is 7.16. The van der Waals surface area contributed by atoms with Crippen LogP contribution < -0.4 is 5.73 Å². The molecule has 0 saturated carbocycles. The zero-order valence-electron chi connectivity index (χ0n) is 11.4. The Morgan fingerprint density at radius 3 is 2.58 bits per heavy atom. The number of hydrogen-bond acceptors (Lipinski definition) is 4. The Bertz CT molecular complexity index is 596. The molecule has 0 spiro atoms. The topological polar surface area (TPSA) is 56.0 Å². The van der Waals surface area contributed by atoms with Gasteiger partial charge in [-0.2, -0.15) is 0 Å². The highest BCUT2D eigenvalue weighted by Crippen LogP contribution is 2.25. The first-order valence-electron chi connectivity index (χ1n) is 6.20. The minimum Gasteiger partial charge on any atom is -0.398 e. The molecule has 0 bridgehead atoms. The van der Waals surface area contributed by atoms with E-state index in [2.05, 4.69) is 25.8 Å². The van der Waals surface area contributed by atoms with Crippen LogP contribution in [0.1, 0.15) is 41.8 Å². The van der Waals surface area contributed by atoms with Gasteiger partial charge in [0.15, 0.2) is 5.78 Å². The van der Waals surface area contributed by atoms with Crippen molar-refractivity contribution < 1.29 is 4.79 Å². The SMILES string of the molecule is CC(C)(C)c1csc(CC(=O)c2ccccc2N)n1. The number of aromatic nitrogens is 1. The highest BCUT2D eigenvalue weighted by atomic mass is 32.1. The fraction of sp³-hybridized carbons (Fsp3) is 0.333. The maximum Gasteiger partial charge on any atom is 0.171 e. The summed E-state index contributed by atoms with van der Waals surface area (Å²) in [5.74, 6) is 0.0212. The second-order valence-corrected chi connectivity index (χ2v) is 6.51. The second kappa shape index (κ2) is 5.13. The molecule has 0 unspecified atom stereocenters. The van der Waals surface area contributed by atoms with Crippen LogP contribution in [0.2, 0.25) is 0 Å². The number of nitrogen functional groups attached to an aromatic ring is 1. The Labute approximate surface area is 117 Å². The monoisotopic (exact) mass is 274 g/mol. The Morgan fingerprint density at radius 2 is 2.00 bits per heavy atom. The van der Waals surface area contributed by atoms with Crippen LogP contribution in [0, 0.1) is 0 Å². The van der Waals surface area contributed by atoms with Crippen LogP contribution in [0.25, 0.3) is 0 Å². The molecule has 4 heteroatoms. The third-order valence-corrected chi connectivity index (χ3v) is 3.74. The first kappa shape index (κ1) is 13.7. The average molecular weight is 274 g/mol. The van der Waals surface area contributed by atoms with E-state index in [1.54, 1.807) is 12.1 Å². The lowest BCUT2D eigenvalue weighted by Gasteiger charge is -2.14. The molecule has 3 nitrogen and oxygen atoms in total. The van der Waals surface area contributed by atoms with Crippen LogP contribution >= 0.6 is 11.3 Å². The molecule has 2 aromatic rings. The Morgan fingerprint density at radius 1 is 1.32 bits per heavy atom. The van der Waals surface area contributed by atoms with Gasteiger partial charge >= 0.3 is 0 Å². The summed E-state index contributed by atoms with van der Waals surface area (Å²) in [5.41, 5.74) is 7.96. The number of para-hydroxylation sites is 1. The first-order chi connectivity index (χ1) is 8.88. The van der Waals surface area contributed by atoms with E-state index in [1.165, 1.54) is 11.3 Å². The predicted molar refractivity (Wildman–Crippen MR) is 79.7 cm³/mol. The molecule has 0 radical (unpaired) electrons. The van der Waals surface area contributed by atoms with E-state index in [0.717, 1.165) is 10.7 Å². The summed E-state index contributed by atoms with van der Waals surface area (Å²) in [4.78, 5) is 16.7. The molecule has 2 N–H and O–H groups in total. The van der Waals surface area contributed by atoms with Gasteiger partial charge in [0.25, 0.3) is 0 Å². The van der Waals surface area contributed by atoms with Gasteiger partial charge in [0.2, 0.25) is 0 Å². The van der Waals surface area contributed by atoms with Gasteiger partial charge in [0.05, 0.1) is 12.1 Å². The largest absolute Gasteiger partial charge is 0.398 e. The van der Waals surface area contributed by atoms with E-state index < -0.39 is 0 Å². The molecule has 0 atom stereocenters. The lowest BCUT2D eigenvalue weighted by atomic mass is 9.93. The minimum absolute atomic E-state index is 0.0174. The number of hydrogen-bond donors (Lipinski definition) is 1. The summed E-state index contributed by atoms with van der Waals surface area (Å²) < 4.78 is 0. The average Bonchev–Trinajstić information content (AvgIpc) is 2.77. The number of nitrogens with zero attached hydrogens (tertiary/aromatic N) is 1. The maximum absolute atomic E-state index is 12.2. The van der Waals surface area contributed by atoms with Crippen LogP contribution in [0.4, 0.5) is 5.69 Å². The van der Waals surface area contributed by atoms with Crippen molar-refractivity contribution in [1.29, 1.82) is 0 Å². The number of ketones is 1. The van der Waals surface area contributed by atoms with Crippen molar-refractivity contribution in [3.63, 3.8) is 0 Å². The quantitative estimate of drug-likeness (QED) is 0.689.